The van der Waals surface area contributed by atoms with Crippen LogP contribution in [0, 0.1) is 13.8 Å². The zero-order chi connectivity index (χ0) is 19.0. The Bertz CT molecular complexity index is 1060. The monoisotopic (exact) mass is 369 g/mol. The Balaban J connectivity index is 1.42. The van der Waals surface area contributed by atoms with E-state index in [-0.39, 0.29) is 17.8 Å². The highest BCUT2D eigenvalue weighted by molar-refractivity contribution is 5.93. The summed E-state index contributed by atoms with van der Waals surface area (Å²) in [6.45, 7) is 3.90. The maximum absolute atomic E-state index is 12.6. The smallest absolute Gasteiger partial charge is 0.270 e. The number of hydrogen-bond donors (Lipinski definition) is 1. The number of carbonyl (C=O) groups is 1. The zero-order valence-corrected chi connectivity index (χ0v) is 15.0. The van der Waals surface area contributed by atoms with Crippen LogP contribution >= 0.6 is 0 Å². The number of ether oxygens (including phenoxy) is 1. The van der Waals surface area contributed by atoms with E-state index in [1.165, 1.54) is 10.6 Å². The Labute approximate surface area is 154 Å². The molecule has 3 aromatic heterocycles. The van der Waals surface area contributed by atoms with Gasteiger partial charge in [-0.3, -0.25) is 14.0 Å². The van der Waals surface area contributed by atoms with Gasteiger partial charge in [-0.15, -0.1) is 0 Å². The van der Waals surface area contributed by atoms with Gasteiger partial charge >= 0.3 is 0 Å². The average molecular weight is 369 g/mol. The standard InChI is InChI=1S/C18H19N5O4/c1-10-4-3-7-23-15(10)19-9-13(18(23)25)16(24)20-8-12-5-6-14(26-12)17-21-11(2)22-27-17/h3-4,7,9,12,14H,5-6,8H2,1-2H3,(H,20,24)/t12-,14+/m1/s1. The number of aryl methyl sites for hydroxylation is 2. The topological polar surface area (TPSA) is 112 Å². The van der Waals surface area contributed by atoms with Gasteiger partial charge in [0, 0.05) is 18.9 Å². The first-order valence-corrected chi connectivity index (χ1v) is 8.74. The van der Waals surface area contributed by atoms with E-state index >= 15 is 0 Å². The molecule has 1 N–H and O–H groups in total. The second kappa shape index (κ2) is 6.92. The van der Waals surface area contributed by atoms with Crippen molar-refractivity contribution in [2.24, 2.45) is 0 Å². The van der Waals surface area contributed by atoms with Gasteiger partial charge in [0.05, 0.1) is 6.10 Å². The van der Waals surface area contributed by atoms with Gasteiger partial charge in [-0.2, -0.15) is 4.98 Å². The summed E-state index contributed by atoms with van der Waals surface area (Å²) >= 11 is 0. The van der Waals surface area contributed by atoms with Crippen molar-refractivity contribution < 1.29 is 14.1 Å². The lowest BCUT2D eigenvalue weighted by Gasteiger charge is -2.12. The Morgan fingerprint density at radius 1 is 1.37 bits per heavy atom. The number of fused-ring (bicyclic) bond motifs is 1. The van der Waals surface area contributed by atoms with Crippen molar-refractivity contribution in [2.75, 3.05) is 6.54 Å². The van der Waals surface area contributed by atoms with Gasteiger partial charge in [-0.05, 0) is 38.3 Å². The molecule has 140 valence electrons. The number of pyridine rings is 1. The van der Waals surface area contributed by atoms with Crippen LogP contribution < -0.4 is 10.9 Å². The van der Waals surface area contributed by atoms with Crippen LogP contribution in [0.25, 0.3) is 5.65 Å². The van der Waals surface area contributed by atoms with Gasteiger partial charge in [0.2, 0.25) is 0 Å². The fourth-order valence-corrected chi connectivity index (χ4v) is 3.19. The van der Waals surface area contributed by atoms with Crippen LogP contribution in [0.5, 0.6) is 0 Å². The minimum atomic E-state index is -0.468. The molecule has 1 aliphatic rings. The molecular formula is C18H19N5O4. The van der Waals surface area contributed by atoms with E-state index in [4.69, 9.17) is 9.26 Å². The van der Waals surface area contributed by atoms with Crippen LogP contribution in [0.2, 0.25) is 0 Å². The molecular weight excluding hydrogens is 350 g/mol. The third-order valence-electron chi connectivity index (χ3n) is 4.59. The summed E-state index contributed by atoms with van der Waals surface area (Å²) in [5.41, 5.74) is 1.01. The van der Waals surface area contributed by atoms with Crippen LogP contribution in [0.1, 0.15) is 46.6 Å². The van der Waals surface area contributed by atoms with Crippen molar-refractivity contribution in [3.63, 3.8) is 0 Å². The van der Waals surface area contributed by atoms with Gasteiger partial charge < -0.3 is 14.6 Å². The van der Waals surface area contributed by atoms with E-state index in [0.717, 1.165) is 18.4 Å². The first kappa shape index (κ1) is 17.3. The van der Waals surface area contributed by atoms with Crippen molar-refractivity contribution in [2.45, 2.75) is 38.9 Å². The van der Waals surface area contributed by atoms with Crippen LogP contribution in [0.4, 0.5) is 0 Å². The van der Waals surface area contributed by atoms with E-state index in [0.29, 0.717) is 23.9 Å². The predicted octanol–water partition coefficient (Wildman–Crippen LogP) is 1.34. The fourth-order valence-electron chi connectivity index (χ4n) is 3.19. The third-order valence-corrected chi connectivity index (χ3v) is 4.59. The number of rotatable bonds is 4. The number of aromatic nitrogens is 4. The molecule has 0 saturated carbocycles. The van der Waals surface area contributed by atoms with Gasteiger partial charge in [0.15, 0.2) is 5.82 Å². The van der Waals surface area contributed by atoms with Crippen molar-refractivity contribution >= 4 is 11.6 Å². The Morgan fingerprint density at radius 3 is 3.00 bits per heavy atom. The third kappa shape index (κ3) is 3.33. The molecule has 0 aromatic carbocycles. The molecule has 0 radical (unpaired) electrons. The number of nitrogens with one attached hydrogen (secondary N) is 1. The van der Waals surface area contributed by atoms with Gasteiger partial charge in [0.25, 0.3) is 17.4 Å². The molecule has 9 heteroatoms. The highest BCUT2D eigenvalue weighted by Crippen LogP contribution is 2.31. The molecule has 1 aliphatic heterocycles. The zero-order valence-electron chi connectivity index (χ0n) is 15.0. The van der Waals surface area contributed by atoms with Gasteiger partial charge in [0.1, 0.15) is 17.3 Å². The maximum Gasteiger partial charge on any atom is 0.270 e. The van der Waals surface area contributed by atoms with Crippen molar-refractivity contribution in [1.29, 1.82) is 0 Å². The minimum Gasteiger partial charge on any atom is -0.363 e. The molecule has 1 amide bonds. The summed E-state index contributed by atoms with van der Waals surface area (Å²) in [4.78, 5) is 33.4. The molecule has 2 atom stereocenters. The second-order valence-electron chi connectivity index (χ2n) is 6.58. The molecule has 27 heavy (non-hydrogen) atoms. The molecule has 3 aromatic rings. The molecule has 0 aliphatic carbocycles. The first-order chi connectivity index (χ1) is 13.0. The summed E-state index contributed by atoms with van der Waals surface area (Å²) in [6.07, 6.45) is 3.97. The van der Waals surface area contributed by atoms with E-state index in [1.54, 1.807) is 19.2 Å². The maximum atomic E-state index is 12.6. The van der Waals surface area contributed by atoms with Crippen LogP contribution in [0.15, 0.2) is 33.8 Å². The predicted molar refractivity (Wildman–Crippen MR) is 94.4 cm³/mol. The normalized spacial score (nSPS) is 19.5. The molecule has 0 bridgehead atoms. The first-order valence-electron chi connectivity index (χ1n) is 8.74. The van der Waals surface area contributed by atoms with E-state index in [2.05, 4.69) is 20.4 Å². The summed E-state index contributed by atoms with van der Waals surface area (Å²) in [7, 11) is 0. The Morgan fingerprint density at radius 2 is 2.22 bits per heavy atom. The molecule has 9 nitrogen and oxygen atoms in total. The summed E-state index contributed by atoms with van der Waals surface area (Å²) in [6, 6.07) is 3.61. The van der Waals surface area contributed by atoms with E-state index < -0.39 is 11.5 Å². The number of nitrogens with zero attached hydrogens (tertiary/aromatic N) is 4. The minimum absolute atomic E-state index is 0.000160. The van der Waals surface area contributed by atoms with Crippen LogP contribution in [0.3, 0.4) is 0 Å². The Hall–Kier alpha value is -3.07. The number of carbonyl (C=O) groups excluding carboxylic acids is 1. The lowest BCUT2D eigenvalue weighted by molar-refractivity contribution is 0.0262. The van der Waals surface area contributed by atoms with Gasteiger partial charge in [-0.25, -0.2) is 4.98 Å². The van der Waals surface area contributed by atoms with Crippen LogP contribution in [-0.2, 0) is 4.74 Å². The highest BCUT2D eigenvalue weighted by Gasteiger charge is 2.30. The van der Waals surface area contributed by atoms with Gasteiger partial charge in [-0.1, -0.05) is 11.2 Å². The highest BCUT2D eigenvalue weighted by atomic mass is 16.5. The van der Waals surface area contributed by atoms with Crippen molar-refractivity contribution in [3.05, 3.63) is 57.7 Å². The fraction of sp³-hybridized carbons (Fsp3) is 0.389. The SMILES string of the molecule is Cc1noc([C@@H]2CC[C@H](CNC(=O)c3cnc4c(C)cccn4c3=O)O2)n1. The van der Waals surface area contributed by atoms with Crippen LogP contribution in [-0.4, -0.2) is 38.1 Å². The lowest BCUT2D eigenvalue weighted by atomic mass is 10.2. The second-order valence-corrected chi connectivity index (χ2v) is 6.58. The molecule has 0 unspecified atom stereocenters. The number of amides is 1. The van der Waals surface area contributed by atoms with E-state index in [1.807, 2.05) is 13.0 Å². The average Bonchev–Trinajstić information content (AvgIpc) is 3.29. The largest absolute Gasteiger partial charge is 0.363 e. The van der Waals surface area contributed by atoms with Crippen molar-refractivity contribution in [1.82, 2.24) is 24.8 Å². The molecule has 1 fully saturated rings. The van der Waals surface area contributed by atoms with Crippen molar-refractivity contribution in [3.8, 4) is 0 Å². The molecule has 4 rings (SSSR count). The number of hydrogen-bond acceptors (Lipinski definition) is 7. The lowest BCUT2D eigenvalue weighted by Crippen LogP contribution is -2.36. The molecule has 4 heterocycles. The van der Waals surface area contributed by atoms with E-state index in [9.17, 15) is 9.59 Å². The Kier molecular flexibility index (Phi) is 4.44. The summed E-state index contributed by atoms with van der Waals surface area (Å²) in [5, 5.41) is 6.52. The summed E-state index contributed by atoms with van der Waals surface area (Å²) in [5.74, 6) is 0.544. The summed E-state index contributed by atoms with van der Waals surface area (Å²) < 4.78 is 12.4. The molecule has 0 spiro atoms. The quantitative estimate of drug-likeness (QED) is 0.739. The molecule has 1 saturated heterocycles.